The highest BCUT2D eigenvalue weighted by Crippen LogP contribution is 2.30. The van der Waals surface area contributed by atoms with Crippen molar-refractivity contribution in [1.82, 2.24) is 21.3 Å². The molecular weight excluding hydrogens is 304 g/mol. The Balaban J connectivity index is 0.00000242. The molecule has 1 heterocycles. The minimum atomic E-state index is -0.726. The maximum Gasteiger partial charge on any atom is 0.315 e. The van der Waals surface area contributed by atoms with Crippen LogP contribution < -0.4 is 21.3 Å². The van der Waals surface area contributed by atoms with Gasteiger partial charge in [0, 0.05) is 18.6 Å². The molecule has 0 aromatic heterocycles. The standard InChI is InChI=1S/C15H28N4O2.ClH/c1-3-16-14(21)19-15(8-4-5-9-15)13(20)18-12-7-6-10-17-11(12)2;/h11-12,17H,3-10H2,1-2H3,(H,18,20)(H2,16,19,21);1H. The Morgan fingerprint density at radius 3 is 2.50 bits per heavy atom. The normalized spacial score (nSPS) is 26.6. The van der Waals surface area contributed by atoms with Crippen LogP contribution in [0.3, 0.4) is 0 Å². The quantitative estimate of drug-likeness (QED) is 0.626. The highest BCUT2D eigenvalue weighted by Gasteiger charge is 2.43. The monoisotopic (exact) mass is 332 g/mol. The Hall–Kier alpha value is -1.01. The molecular formula is C15H29ClN4O2. The highest BCUT2D eigenvalue weighted by atomic mass is 35.5. The second-order valence-electron chi connectivity index (χ2n) is 6.24. The Labute approximate surface area is 139 Å². The van der Waals surface area contributed by atoms with Crippen LogP contribution in [0.1, 0.15) is 52.4 Å². The van der Waals surface area contributed by atoms with E-state index in [1.54, 1.807) is 0 Å². The third-order valence-electron chi connectivity index (χ3n) is 4.66. The molecule has 0 bridgehead atoms. The van der Waals surface area contributed by atoms with E-state index in [2.05, 4.69) is 28.2 Å². The van der Waals surface area contributed by atoms with Gasteiger partial charge in [0.1, 0.15) is 5.54 Å². The number of hydrogen-bond donors (Lipinski definition) is 4. The van der Waals surface area contributed by atoms with Gasteiger partial charge >= 0.3 is 6.03 Å². The molecule has 2 unspecified atom stereocenters. The largest absolute Gasteiger partial charge is 0.350 e. The molecule has 0 radical (unpaired) electrons. The topological polar surface area (TPSA) is 82.3 Å². The van der Waals surface area contributed by atoms with Crippen molar-refractivity contribution in [2.24, 2.45) is 0 Å². The average molecular weight is 333 g/mol. The van der Waals surface area contributed by atoms with Gasteiger partial charge in [0.2, 0.25) is 5.91 Å². The molecule has 6 nitrogen and oxygen atoms in total. The molecule has 2 fully saturated rings. The van der Waals surface area contributed by atoms with E-state index >= 15 is 0 Å². The first-order valence-electron chi connectivity index (χ1n) is 8.18. The van der Waals surface area contributed by atoms with Crippen molar-refractivity contribution in [2.45, 2.75) is 70.0 Å². The van der Waals surface area contributed by atoms with E-state index < -0.39 is 5.54 Å². The maximum atomic E-state index is 12.7. The van der Waals surface area contributed by atoms with E-state index in [-0.39, 0.29) is 36.4 Å². The van der Waals surface area contributed by atoms with E-state index in [1.807, 2.05) is 6.92 Å². The van der Waals surface area contributed by atoms with Crippen molar-refractivity contribution in [1.29, 1.82) is 0 Å². The van der Waals surface area contributed by atoms with Crippen molar-refractivity contribution in [3.63, 3.8) is 0 Å². The van der Waals surface area contributed by atoms with Crippen molar-refractivity contribution in [3.8, 4) is 0 Å². The van der Waals surface area contributed by atoms with Gasteiger partial charge in [0.25, 0.3) is 0 Å². The molecule has 4 N–H and O–H groups in total. The summed E-state index contributed by atoms with van der Waals surface area (Å²) < 4.78 is 0. The number of nitrogens with one attached hydrogen (secondary N) is 4. The molecule has 0 aromatic rings. The predicted molar refractivity (Wildman–Crippen MR) is 89.3 cm³/mol. The summed E-state index contributed by atoms with van der Waals surface area (Å²) in [4.78, 5) is 24.6. The first kappa shape index (κ1) is 19.0. The molecule has 1 saturated heterocycles. The fourth-order valence-corrected chi connectivity index (χ4v) is 3.36. The van der Waals surface area contributed by atoms with Gasteiger partial charge in [0.05, 0.1) is 0 Å². The summed E-state index contributed by atoms with van der Waals surface area (Å²) in [5.74, 6) is -0.0215. The first-order chi connectivity index (χ1) is 10.1. The van der Waals surface area contributed by atoms with Gasteiger partial charge in [-0.1, -0.05) is 12.8 Å². The van der Waals surface area contributed by atoms with Crippen LogP contribution in [0.5, 0.6) is 0 Å². The van der Waals surface area contributed by atoms with Crippen molar-refractivity contribution in [2.75, 3.05) is 13.1 Å². The lowest BCUT2D eigenvalue weighted by Gasteiger charge is -2.35. The Bertz CT molecular complexity index is 386. The summed E-state index contributed by atoms with van der Waals surface area (Å²) >= 11 is 0. The number of carbonyl (C=O) groups is 2. The number of carbonyl (C=O) groups excluding carboxylic acids is 2. The molecule has 1 aliphatic carbocycles. The Morgan fingerprint density at radius 1 is 1.23 bits per heavy atom. The van der Waals surface area contributed by atoms with Gasteiger partial charge < -0.3 is 21.3 Å². The third kappa shape index (κ3) is 4.49. The lowest BCUT2D eigenvalue weighted by atomic mass is 9.93. The molecule has 22 heavy (non-hydrogen) atoms. The number of urea groups is 1. The van der Waals surface area contributed by atoms with Gasteiger partial charge in [-0.2, -0.15) is 0 Å². The van der Waals surface area contributed by atoms with E-state index in [4.69, 9.17) is 0 Å². The second kappa shape index (κ2) is 8.58. The fraction of sp³-hybridized carbons (Fsp3) is 0.867. The number of rotatable bonds is 4. The average Bonchev–Trinajstić information content (AvgIpc) is 2.91. The Kier molecular flexibility index (Phi) is 7.42. The zero-order chi connectivity index (χ0) is 15.3. The molecule has 0 aromatic carbocycles. The lowest BCUT2D eigenvalue weighted by Crippen LogP contribution is -2.63. The first-order valence-corrected chi connectivity index (χ1v) is 8.18. The molecule has 128 valence electrons. The summed E-state index contributed by atoms with van der Waals surface area (Å²) in [6.07, 6.45) is 5.49. The van der Waals surface area contributed by atoms with Gasteiger partial charge in [-0.15, -0.1) is 12.4 Å². The Morgan fingerprint density at radius 2 is 1.91 bits per heavy atom. The highest BCUT2D eigenvalue weighted by molar-refractivity contribution is 5.91. The minimum absolute atomic E-state index is 0. The van der Waals surface area contributed by atoms with Gasteiger partial charge in [0.15, 0.2) is 0 Å². The van der Waals surface area contributed by atoms with E-state index in [9.17, 15) is 9.59 Å². The molecule has 0 spiro atoms. The third-order valence-corrected chi connectivity index (χ3v) is 4.66. The van der Waals surface area contributed by atoms with Crippen LogP contribution in [0.4, 0.5) is 4.79 Å². The lowest BCUT2D eigenvalue weighted by molar-refractivity contribution is -0.128. The summed E-state index contributed by atoms with van der Waals surface area (Å²) in [6.45, 7) is 5.54. The van der Waals surface area contributed by atoms with Crippen LogP contribution in [-0.4, -0.2) is 42.7 Å². The van der Waals surface area contributed by atoms with E-state index in [0.29, 0.717) is 6.54 Å². The molecule has 1 saturated carbocycles. The van der Waals surface area contributed by atoms with Crippen LogP contribution >= 0.6 is 12.4 Å². The predicted octanol–water partition coefficient (Wildman–Crippen LogP) is 1.30. The molecule has 1 aliphatic heterocycles. The summed E-state index contributed by atoms with van der Waals surface area (Å²) in [5, 5.41) is 12.2. The summed E-state index contributed by atoms with van der Waals surface area (Å²) in [6, 6.07) is 0.190. The maximum absolute atomic E-state index is 12.7. The minimum Gasteiger partial charge on any atom is -0.350 e. The van der Waals surface area contributed by atoms with Gasteiger partial charge in [-0.05, 0) is 46.1 Å². The van der Waals surface area contributed by atoms with E-state index in [1.165, 1.54) is 0 Å². The number of piperidine rings is 1. The number of hydrogen-bond acceptors (Lipinski definition) is 3. The van der Waals surface area contributed by atoms with Crippen molar-refractivity contribution in [3.05, 3.63) is 0 Å². The zero-order valence-corrected chi connectivity index (χ0v) is 14.4. The van der Waals surface area contributed by atoms with Crippen LogP contribution in [-0.2, 0) is 4.79 Å². The summed E-state index contributed by atoms with van der Waals surface area (Å²) in [5.41, 5.74) is -0.726. The van der Waals surface area contributed by atoms with Crippen LogP contribution in [0, 0.1) is 0 Å². The second-order valence-corrected chi connectivity index (χ2v) is 6.24. The molecule has 2 aliphatic rings. The molecule has 2 atom stereocenters. The smallest absolute Gasteiger partial charge is 0.315 e. The van der Waals surface area contributed by atoms with Crippen molar-refractivity contribution < 1.29 is 9.59 Å². The molecule has 7 heteroatoms. The van der Waals surface area contributed by atoms with E-state index in [0.717, 1.165) is 45.1 Å². The van der Waals surface area contributed by atoms with Crippen LogP contribution in [0.15, 0.2) is 0 Å². The van der Waals surface area contributed by atoms with Crippen LogP contribution in [0.25, 0.3) is 0 Å². The van der Waals surface area contributed by atoms with Gasteiger partial charge in [-0.25, -0.2) is 4.79 Å². The molecule has 2 rings (SSSR count). The van der Waals surface area contributed by atoms with Crippen LogP contribution in [0.2, 0.25) is 0 Å². The molecule has 3 amide bonds. The van der Waals surface area contributed by atoms with Gasteiger partial charge in [-0.3, -0.25) is 4.79 Å². The summed E-state index contributed by atoms with van der Waals surface area (Å²) in [7, 11) is 0. The zero-order valence-electron chi connectivity index (χ0n) is 13.5. The number of amides is 3. The fourth-order valence-electron chi connectivity index (χ4n) is 3.36. The SMILES string of the molecule is CCNC(=O)NC1(C(=O)NC2CCCNC2C)CCCC1.Cl. The van der Waals surface area contributed by atoms with Crippen molar-refractivity contribution >= 4 is 24.3 Å². The number of halogens is 1.